The predicted molar refractivity (Wildman–Crippen MR) is 82.5 cm³/mol. The maximum Gasteiger partial charge on any atom is 0.282 e. The summed E-state index contributed by atoms with van der Waals surface area (Å²) in [4.78, 5) is 12.5. The first-order valence-corrected chi connectivity index (χ1v) is 7.43. The SMILES string of the molecule is CN(c1ccc([N+](=O)[O-])c(I)c1)C1CCCCC1O. The van der Waals surface area contributed by atoms with Gasteiger partial charge in [-0.25, -0.2) is 0 Å². The molecule has 1 saturated carbocycles. The average Bonchev–Trinajstić information content (AvgIpc) is 2.38. The number of hydrogen-bond acceptors (Lipinski definition) is 4. The third-order valence-electron chi connectivity index (χ3n) is 3.73. The Kier molecular flexibility index (Phi) is 4.62. The average molecular weight is 376 g/mol. The number of likely N-dealkylation sites (N-methyl/N-ethyl adjacent to an activating group) is 1. The summed E-state index contributed by atoms with van der Waals surface area (Å²) in [6, 6.07) is 5.19. The highest BCUT2D eigenvalue weighted by Crippen LogP contribution is 2.30. The third kappa shape index (κ3) is 3.17. The minimum Gasteiger partial charge on any atom is -0.391 e. The summed E-state index contributed by atoms with van der Waals surface area (Å²) in [5.41, 5.74) is 1.04. The zero-order valence-electron chi connectivity index (χ0n) is 10.8. The van der Waals surface area contributed by atoms with Crippen molar-refractivity contribution in [2.45, 2.75) is 37.8 Å². The Morgan fingerprint density at radius 1 is 1.42 bits per heavy atom. The molecule has 1 aromatic rings. The van der Waals surface area contributed by atoms with Crippen LogP contribution in [0.25, 0.3) is 0 Å². The van der Waals surface area contributed by atoms with E-state index in [2.05, 4.69) is 0 Å². The standard InChI is InChI=1S/C13H17IN2O3/c1-15(12-4-2-3-5-13(12)17)9-6-7-11(16(18)19)10(14)8-9/h6-8,12-13,17H,2-5H2,1H3. The van der Waals surface area contributed by atoms with E-state index in [0.29, 0.717) is 3.57 Å². The second-order valence-electron chi connectivity index (χ2n) is 4.92. The second-order valence-corrected chi connectivity index (χ2v) is 6.09. The Hall–Kier alpha value is -0.890. The Morgan fingerprint density at radius 3 is 2.68 bits per heavy atom. The van der Waals surface area contributed by atoms with Crippen LogP contribution in [0.15, 0.2) is 18.2 Å². The normalized spacial score (nSPS) is 23.1. The van der Waals surface area contributed by atoms with E-state index >= 15 is 0 Å². The van der Waals surface area contributed by atoms with Crippen molar-refractivity contribution in [3.05, 3.63) is 31.9 Å². The van der Waals surface area contributed by atoms with Crippen LogP contribution in [0.5, 0.6) is 0 Å². The Labute approximate surface area is 125 Å². The molecule has 2 atom stereocenters. The van der Waals surface area contributed by atoms with Crippen molar-refractivity contribution in [3.8, 4) is 0 Å². The number of rotatable bonds is 3. The second kappa shape index (κ2) is 6.04. The number of nitro benzene ring substituents is 1. The van der Waals surface area contributed by atoms with E-state index in [9.17, 15) is 15.2 Å². The van der Waals surface area contributed by atoms with Gasteiger partial charge in [0.25, 0.3) is 5.69 Å². The first-order valence-electron chi connectivity index (χ1n) is 6.35. The molecule has 0 saturated heterocycles. The first kappa shape index (κ1) is 14.5. The number of nitro groups is 1. The molecular formula is C13H17IN2O3. The van der Waals surface area contributed by atoms with Gasteiger partial charge in [-0.15, -0.1) is 0 Å². The van der Waals surface area contributed by atoms with E-state index in [1.165, 1.54) is 6.07 Å². The van der Waals surface area contributed by atoms with Crippen molar-refractivity contribution in [2.75, 3.05) is 11.9 Å². The summed E-state index contributed by atoms with van der Waals surface area (Å²) in [5, 5.41) is 20.9. The molecule has 0 amide bonds. The largest absolute Gasteiger partial charge is 0.391 e. The number of aliphatic hydroxyl groups is 1. The fourth-order valence-electron chi connectivity index (χ4n) is 2.60. The Bertz CT molecular complexity index is 481. The number of halogens is 1. The van der Waals surface area contributed by atoms with Crippen molar-refractivity contribution in [3.63, 3.8) is 0 Å². The summed E-state index contributed by atoms with van der Waals surface area (Å²) in [5.74, 6) is 0. The fraction of sp³-hybridized carbons (Fsp3) is 0.538. The number of nitrogens with zero attached hydrogens (tertiary/aromatic N) is 2. The molecule has 1 aromatic carbocycles. The lowest BCUT2D eigenvalue weighted by Gasteiger charge is -2.36. The lowest BCUT2D eigenvalue weighted by molar-refractivity contribution is -0.385. The van der Waals surface area contributed by atoms with Crippen molar-refractivity contribution < 1.29 is 10.0 Å². The number of benzene rings is 1. The van der Waals surface area contributed by atoms with Gasteiger partial charge in [0.1, 0.15) is 0 Å². The van der Waals surface area contributed by atoms with Crippen LogP contribution in [0.3, 0.4) is 0 Å². The number of anilines is 1. The fourth-order valence-corrected chi connectivity index (χ4v) is 3.29. The molecule has 5 nitrogen and oxygen atoms in total. The molecule has 0 bridgehead atoms. The van der Waals surface area contributed by atoms with Crippen LogP contribution < -0.4 is 4.90 Å². The van der Waals surface area contributed by atoms with Crippen LogP contribution in [-0.2, 0) is 0 Å². The quantitative estimate of drug-likeness (QED) is 0.501. The lowest BCUT2D eigenvalue weighted by atomic mass is 9.91. The van der Waals surface area contributed by atoms with Gasteiger partial charge in [-0.2, -0.15) is 0 Å². The van der Waals surface area contributed by atoms with Crippen LogP contribution in [-0.4, -0.2) is 29.2 Å². The Balaban J connectivity index is 2.21. The third-order valence-corrected chi connectivity index (χ3v) is 4.59. The maximum absolute atomic E-state index is 10.8. The zero-order chi connectivity index (χ0) is 14.0. The molecule has 2 unspecified atom stereocenters. The van der Waals surface area contributed by atoms with Crippen molar-refractivity contribution in [1.29, 1.82) is 0 Å². The molecule has 6 heteroatoms. The van der Waals surface area contributed by atoms with Gasteiger partial charge in [-0.3, -0.25) is 10.1 Å². The summed E-state index contributed by atoms with van der Waals surface area (Å²) in [7, 11) is 1.94. The van der Waals surface area contributed by atoms with E-state index in [4.69, 9.17) is 0 Å². The molecule has 0 spiro atoms. The van der Waals surface area contributed by atoms with Gasteiger partial charge >= 0.3 is 0 Å². The van der Waals surface area contributed by atoms with E-state index in [0.717, 1.165) is 31.4 Å². The van der Waals surface area contributed by atoms with Crippen LogP contribution >= 0.6 is 22.6 Å². The van der Waals surface area contributed by atoms with E-state index < -0.39 is 0 Å². The highest BCUT2D eigenvalue weighted by atomic mass is 127. The first-order chi connectivity index (χ1) is 9.00. The molecule has 1 aliphatic carbocycles. The summed E-state index contributed by atoms with van der Waals surface area (Å²) >= 11 is 1.98. The molecule has 0 aliphatic heterocycles. The smallest absolute Gasteiger partial charge is 0.282 e. The molecule has 104 valence electrons. The van der Waals surface area contributed by atoms with E-state index in [1.807, 2.05) is 34.5 Å². The van der Waals surface area contributed by atoms with Gasteiger partial charge in [0.15, 0.2) is 0 Å². The van der Waals surface area contributed by atoms with E-state index in [1.54, 1.807) is 12.1 Å². The minimum absolute atomic E-state index is 0.103. The molecule has 19 heavy (non-hydrogen) atoms. The molecular weight excluding hydrogens is 359 g/mol. The Morgan fingerprint density at radius 2 is 2.11 bits per heavy atom. The summed E-state index contributed by atoms with van der Waals surface area (Å²) in [6.45, 7) is 0. The highest BCUT2D eigenvalue weighted by Gasteiger charge is 2.27. The summed E-state index contributed by atoms with van der Waals surface area (Å²) < 4.78 is 0.622. The molecule has 2 rings (SSSR count). The van der Waals surface area contributed by atoms with Crippen LogP contribution in [0, 0.1) is 13.7 Å². The summed E-state index contributed by atoms with van der Waals surface area (Å²) in [6.07, 6.45) is 3.68. The lowest BCUT2D eigenvalue weighted by Crippen LogP contribution is -2.43. The van der Waals surface area contributed by atoms with Crippen molar-refractivity contribution >= 4 is 34.0 Å². The maximum atomic E-state index is 10.8. The van der Waals surface area contributed by atoms with Gasteiger partial charge < -0.3 is 10.0 Å². The van der Waals surface area contributed by atoms with Gasteiger partial charge in [-0.05, 0) is 47.6 Å². The molecule has 1 fully saturated rings. The van der Waals surface area contributed by atoms with Crippen molar-refractivity contribution in [1.82, 2.24) is 0 Å². The van der Waals surface area contributed by atoms with Gasteiger partial charge in [0.05, 0.1) is 20.6 Å². The highest BCUT2D eigenvalue weighted by molar-refractivity contribution is 14.1. The topological polar surface area (TPSA) is 66.6 Å². The van der Waals surface area contributed by atoms with Gasteiger partial charge in [0.2, 0.25) is 0 Å². The molecule has 0 heterocycles. The molecule has 0 radical (unpaired) electrons. The van der Waals surface area contributed by atoms with Crippen LogP contribution in [0.4, 0.5) is 11.4 Å². The molecule has 0 aromatic heterocycles. The van der Waals surface area contributed by atoms with Gasteiger partial charge in [-0.1, -0.05) is 12.8 Å². The molecule has 1 aliphatic rings. The zero-order valence-corrected chi connectivity index (χ0v) is 12.9. The van der Waals surface area contributed by atoms with Crippen molar-refractivity contribution in [2.24, 2.45) is 0 Å². The van der Waals surface area contributed by atoms with Crippen LogP contribution in [0.2, 0.25) is 0 Å². The van der Waals surface area contributed by atoms with E-state index in [-0.39, 0.29) is 22.8 Å². The number of aliphatic hydroxyl groups excluding tert-OH is 1. The predicted octanol–water partition coefficient (Wildman–Crippen LogP) is 2.94. The van der Waals surface area contributed by atoms with Gasteiger partial charge in [0, 0.05) is 18.8 Å². The van der Waals surface area contributed by atoms with Crippen LogP contribution in [0.1, 0.15) is 25.7 Å². The minimum atomic E-state index is -0.374. The molecule has 1 N–H and O–H groups in total. The number of hydrogen-bond donors (Lipinski definition) is 1. The monoisotopic (exact) mass is 376 g/mol.